The number of hydrogen-bond acceptors (Lipinski definition) is 5. The van der Waals surface area contributed by atoms with Crippen LogP contribution in [0.3, 0.4) is 0 Å². The van der Waals surface area contributed by atoms with Crippen molar-refractivity contribution in [2.45, 2.75) is 25.8 Å². The smallest absolute Gasteiger partial charge is 0.256 e. The normalized spacial score (nSPS) is 27.9. The molecule has 7 heteroatoms. The lowest BCUT2D eigenvalue weighted by Crippen LogP contribution is -2.68. The van der Waals surface area contributed by atoms with Gasteiger partial charge in [-0.05, 0) is 19.4 Å². The van der Waals surface area contributed by atoms with Crippen LogP contribution in [0.4, 0.5) is 0 Å². The Hall–Kier alpha value is -1.40. The summed E-state index contributed by atoms with van der Waals surface area (Å²) in [5, 5.41) is 0.143. The highest BCUT2D eigenvalue weighted by Crippen LogP contribution is 2.36. The summed E-state index contributed by atoms with van der Waals surface area (Å²) >= 11 is 5.81. The van der Waals surface area contributed by atoms with Crippen molar-refractivity contribution < 1.29 is 9.53 Å². The monoisotopic (exact) mass is 300 g/mol. The second-order valence-electron chi connectivity index (χ2n) is 4.94. The lowest BCUT2D eigenvalue weighted by atomic mass is 9.88. The van der Waals surface area contributed by atoms with Crippen LogP contribution in [-0.2, 0) is 9.53 Å². The number of ether oxygens (including phenoxy) is 1. The molecule has 2 aliphatic rings. The molecule has 1 unspecified atom stereocenters. The van der Waals surface area contributed by atoms with E-state index in [1.54, 1.807) is 11.0 Å². The number of halogens is 1. The predicted octanol–water partition coefficient (Wildman–Crippen LogP) is 0.496. The summed E-state index contributed by atoms with van der Waals surface area (Å²) in [6.45, 7) is 5.85. The standard InChI is InChI=1S/C13H21ClN4O2/c1-3-13-8-20-6-5-18(13)9(7-10(14)15)11(16)17(4-2)12(13)19/h7H,3-6,8,15-16H2,1-2H3/b10-7-. The van der Waals surface area contributed by atoms with Gasteiger partial charge in [0.25, 0.3) is 5.91 Å². The van der Waals surface area contributed by atoms with Gasteiger partial charge >= 0.3 is 0 Å². The third-order valence-corrected chi connectivity index (χ3v) is 4.09. The highest BCUT2D eigenvalue weighted by Gasteiger charge is 2.51. The van der Waals surface area contributed by atoms with Crippen LogP contribution < -0.4 is 11.5 Å². The van der Waals surface area contributed by atoms with Crippen LogP contribution >= 0.6 is 11.6 Å². The molecule has 2 aliphatic heterocycles. The maximum atomic E-state index is 12.8. The third kappa shape index (κ3) is 2.13. The van der Waals surface area contributed by atoms with E-state index in [1.807, 2.05) is 18.7 Å². The fraction of sp³-hybridized carbons (Fsp3) is 0.615. The zero-order chi connectivity index (χ0) is 14.9. The van der Waals surface area contributed by atoms with E-state index in [9.17, 15) is 4.79 Å². The molecule has 0 aromatic carbocycles. The molecule has 2 heterocycles. The molecule has 1 saturated heterocycles. The van der Waals surface area contributed by atoms with Gasteiger partial charge in [0.2, 0.25) is 0 Å². The van der Waals surface area contributed by atoms with E-state index in [-0.39, 0.29) is 11.1 Å². The zero-order valence-corrected chi connectivity index (χ0v) is 12.6. The summed E-state index contributed by atoms with van der Waals surface area (Å²) in [4.78, 5) is 16.3. The fourth-order valence-corrected chi connectivity index (χ4v) is 3.00. The summed E-state index contributed by atoms with van der Waals surface area (Å²) < 4.78 is 5.55. The van der Waals surface area contributed by atoms with Gasteiger partial charge in [-0.25, -0.2) is 0 Å². The molecule has 112 valence electrons. The number of hydrogen-bond donors (Lipinski definition) is 2. The van der Waals surface area contributed by atoms with Crippen molar-refractivity contribution >= 4 is 17.5 Å². The van der Waals surface area contributed by atoms with Crippen LogP contribution in [0.15, 0.2) is 22.8 Å². The van der Waals surface area contributed by atoms with Gasteiger partial charge in [0.1, 0.15) is 16.5 Å². The molecule has 0 aliphatic carbocycles. The summed E-state index contributed by atoms with van der Waals surface area (Å²) in [7, 11) is 0. The largest absolute Gasteiger partial charge is 0.389 e. The molecule has 0 aromatic heterocycles. The molecule has 0 spiro atoms. The third-order valence-electron chi connectivity index (χ3n) is 3.98. The van der Waals surface area contributed by atoms with E-state index in [2.05, 4.69) is 0 Å². The van der Waals surface area contributed by atoms with Crippen molar-refractivity contribution in [1.29, 1.82) is 0 Å². The molecule has 1 amide bonds. The van der Waals surface area contributed by atoms with Gasteiger partial charge in [0, 0.05) is 13.1 Å². The van der Waals surface area contributed by atoms with E-state index in [4.69, 9.17) is 27.8 Å². The Morgan fingerprint density at radius 3 is 2.80 bits per heavy atom. The minimum atomic E-state index is -0.713. The maximum Gasteiger partial charge on any atom is 0.256 e. The lowest BCUT2D eigenvalue weighted by molar-refractivity contribution is -0.156. The number of fused-ring (bicyclic) bond motifs is 1. The maximum absolute atomic E-state index is 12.8. The summed E-state index contributed by atoms with van der Waals surface area (Å²) in [6.07, 6.45) is 2.25. The summed E-state index contributed by atoms with van der Waals surface area (Å²) in [5.74, 6) is 0.372. The molecule has 0 saturated carbocycles. The highest BCUT2D eigenvalue weighted by atomic mass is 35.5. The highest BCUT2D eigenvalue weighted by molar-refractivity contribution is 6.29. The Morgan fingerprint density at radius 2 is 2.25 bits per heavy atom. The number of nitrogens with two attached hydrogens (primary N) is 2. The van der Waals surface area contributed by atoms with Crippen LogP contribution in [0, 0.1) is 0 Å². The van der Waals surface area contributed by atoms with E-state index < -0.39 is 5.54 Å². The Labute approximate surface area is 124 Å². The van der Waals surface area contributed by atoms with Gasteiger partial charge in [-0.15, -0.1) is 0 Å². The Bertz CT molecular complexity index is 473. The molecular formula is C13H21ClN4O2. The number of morpholine rings is 1. The van der Waals surface area contributed by atoms with E-state index >= 15 is 0 Å². The van der Waals surface area contributed by atoms with E-state index in [1.165, 1.54) is 0 Å². The van der Waals surface area contributed by atoms with Gasteiger partial charge in [0.15, 0.2) is 0 Å². The minimum Gasteiger partial charge on any atom is -0.389 e. The minimum absolute atomic E-state index is 0.0232. The van der Waals surface area contributed by atoms with Gasteiger partial charge in [-0.3, -0.25) is 9.69 Å². The number of nitrogens with zero attached hydrogens (tertiary/aromatic N) is 2. The van der Waals surface area contributed by atoms with Crippen molar-refractivity contribution in [2.75, 3.05) is 26.3 Å². The van der Waals surface area contributed by atoms with E-state index in [0.717, 1.165) is 0 Å². The molecule has 0 radical (unpaired) electrons. The Morgan fingerprint density at radius 1 is 1.55 bits per heavy atom. The first-order chi connectivity index (χ1) is 9.47. The first-order valence-corrected chi connectivity index (χ1v) is 7.15. The second kappa shape index (κ2) is 5.54. The molecule has 0 bridgehead atoms. The lowest BCUT2D eigenvalue weighted by Gasteiger charge is -2.52. The fourth-order valence-electron chi connectivity index (χ4n) is 2.89. The number of allylic oxidation sites excluding steroid dienone is 1. The summed E-state index contributed by atoms with van der Waals surface area (Å²) in [5.41, 5.74) is 11.7. The number of carbonyl (C=O) groups excluding carboxylic acids is 1. The Kier molecular flexibility index (Phi) is 4.15. The Balaban J connectivity index is 2.60. The number of likely N-dealkylation sites (N-methyl/N-ethyl adjacent to an activating group) is 1. The average Bonchev–Trinajstić information content (AvgIpc) is 2.44. The SMILES string of the molecule is CCN1C(=O)C2(CC)COCCN2C(/C=C(\N)Cl)=C1N. The van der Waals surface area contributed by atoms with Crippen LogP contribution in [0.25, 0.3) is 0 Å². The quantitative estimate of drug-likeness (QED) is 0.741. The first kappa shape index (κ1) is 15.0. The van der Waals surface area contributed by atoms with E-state index in [0.29, 0.717) is 44.2 Å². The molecular weight excluding hydrogens is 280 g/mol. The summed E-state index contributed by atoms with van der Waals surface area (Å²) in [6, 6.07) is 0. The molecule has 4 N–H and O–H groups in total. The van der Waals surface area contributed by atoms with Gasteiger partial charge < -0.3 is 21.1 Å². The molecule has 6 nitrogen and oxygen atoms in total. The molecule has 20 heavy (non-hydrogen) atoms. The van der Waals surface area contributed by atoms with Gasteiger partial charge in [-0.1, -0.05) is 18.5 Å². The predicted molar refractivity (Wildman–Crippen MR) is 77.3 cm³/mol. The molecule has 0 aromatic rings. The second-order valence-corrected chi connectivity index (χ2v) is 5.37. The van der Waals surface area contributed by atoms with Crippen LogP contribution in [-0.4, -0.2) is 47.5 Å². The van der Waals surface area contributed by atoms with Crippen LogP contribution in [0.2, 0.25) is 0 Å². The zero-order valence-electron chi connectivity index (χ0n) is 11.9. The average molecular weight is 301 g/mol. The van der Waals surface area contributed by atoms with Crippen molar-refractivity contribution in [1.82, 2.24) is 9.80 Å². The molecule has 2 rings (SSSR count). The topological polar surface area (TPSA) is 84.8 Å². The van der Waals surface area contributed by atoms with Crippen molar-refractivity contribution in [2.24, 2.45) is 11.5 Å². The molecule has 1 fully saturated rings. The van der Waals surface area contributed by atoms with Gasteiger partial charge in [0.05, 0.1) is 18.9 Å². The number of rotatable bonds is 3. The van der Waals surface area contributed by atoms with Crippen molar-refractivity contribution in [3.63, 3.8) is 0 Å². The number of amides is 1. The van der Waals surface area contributed by atoms with Crippen LogP contribution in [0.1, 0.15) is 20.3 Å². The first-order valence-electron chi connectivity index (χ1n) is 6.77. The van der Waals surface area contributed by atoms with Crippen molar-refractivity contribution in [3.05, 3.63) is 22.8 Å². The van der Waals surface area contributed by atoms with Crippen LogP contribution in [0.5, 0.6) is 0 Å². The van der Waals surface area contributed by atoms with Gasteiger partial charge in [-0.2, -0.15) is 0 Å². The van der Waals surface area contributed by atoms with Crippen molar-refractivity contribution in [3.8, 4) is 0 Å². The molecule has 1 atom stereocenters. The number of carbonyl (C=O) groups is 1.